The maximum absolute atomic E-state index is 6.03. The monoisotopic (exact) mass is 246 g/mol. The topological polar surface area (TPSA) is 41.1 Å². The van der Waals surface area contributed by atoms with Crippen LogP contribution in [0.3, 0.4) is 0 Å². The average molecular weight is 247 g/mol. The fourth-order valence-electron chi connectivity index (χ4n) is 1.68. The van der Waals surface area contributed by atoms with Crippen molar-refractivity contribution in [2.75, 3.05) is 24.5 Å². The molecule has 1 aliphatic heterocycles. The van der Waals surface area contributed by atoms with Crippen molar-refractivity contribution in [3.63, 3.8) is 0 Å². The smallest absolute Gasteiger partial charge is 0.224 e. The van der Waals surface area contributed by atoms with E-state index in [4.69, 9.17) is 23.2 Å². The molecule has 1 aromatic rings. The van der Waals surface area contributed by atoms with Crippen LogP contribution in [0, 0.1) is 0 Å². The van der Waals surface area contributed by atoms with Gasteiger partial charge in [0.2, 0.25) is 5.28 Å². The van der Waals surface area contributed by atoms with Gasteiger partial charge in [0.25, 0.3) is 0 Å². The summed E-state index contributed by atoms with van der Waals surface area (Å²) in [6.45, 7) is 4.83. The van der Waals surface area contributed by atoms with Gasteiger partial charge >= 0.3 is 0 Å². The number of rotatable bonds is 1. The van der Waals surface area contributed by atoms with Crippen molar-refractivity contribution in [2.24, 2.45) is 0 Å². The van der Waals surface area contributed by atoms with Gasteiger partial charge < -0.3 is 10.2 Å². The van der Waals surface area contributed by atoms with E-state index in [0.29, 0.717) is 11.1 Å². The predicted octanol–water partition coefficient (Wildman–Crippen LogP) is 1.58. The summed E-state index contributed by atoms with van der Waals surface area (Å²) in [5, 5.41) is 4.14. The Morgan fingerprint density at radius 2 is 2.33 bits per heavy atom. The van der Waals surface area contributed by atoms with Crippen molar-refractivity contribution >= 4 is 29.0 Å². The molecule has 2 rings (SSSR count). The molecule has 6 heteroatoms. The number of nitrogens with one attached hydrogen (secondary N) is 1. The molecule has 1 aromatic heterocycles. The minimum absolute atomic E-state index is 0.237. The van der Waals surface area contributed by atoms with Gasteiger partial charge in [-0.2, -0.15) is 4.98 Å². The second kappa shape index (κ2) is 4.51. The van der Waals surface area contributed by atoms with E-state index in [-0.39, 0.29) is 5.28 Å². The third kappa shape index (κ3) is 2.51. The number of hydrogen-bond donors (Lipinski definition) is 1. The number of anilines is 1. The molecule has 0 aromatic carbocycles. The molecule has 0 radical (unpaired) electrons. The minimum Gasteiger partial charge on any atom is -0.352 e. The highest BCUT2D eigenvalue weighted by Crippen LogP contribution is 2.24. The van der Waals surface area contributed by atoms with Crippen molar-refractivity contribution in [3.05, 3.63) is 16.5 Å². The summed E-state index contributed by atoms with van der Waals surface area (Å²) in [6, 6.07) is 0.434. The van der Waals surface area contributed by atoms with Crippen LogP contribution in [0.5, 0.6) is 0 Å². The fraction of sp³-hybridized carbons (Fsp3) is 0.556. The quantitative estimate of drug-likeness (QED) is 0.765. The Hall–Kier alpha value is -0.580. The Kier molecular flexibility index (Phi) is 3.29. The Labute approximate surface area is 98.6 Å². The van der Waals surface area contributed by atoms with Crippen molar-refractivity contribution in [3.8, 4) is 0 Å². The van der Waals surface area contributed by atoms with Crippen LogP contribution in [-0.2, 0) is 0 Å². The van der Waals surface area contributed by atoms with Crippen LogP contribution in [0.4, 0.5) is 5.82 Å². The molecule has 4 nitrogen and oxygen atoms in total. The second-order valence-electron chi connectivity index (χ2n) is 3.61. The molecular weight excluding hydrogens is 235 g/mol. The molecule has 1 saturated heterocycles. The number of piperazine rings is 1. The summed E-state index contributed by atoms with van der Waals surface area (Å²) < 4.78 is 0. The molecule has 82 valence electrons. The van der Waals surface area contributed by atoms with Gasteiger partial charge in [0.15, 0.2) is 5.82 Å². The van der Waals surface area contributed by atoms with E-state index < -0.39 is 0 Å². The molecule has 1 atom stereocenters. The molecule has 0 saturated carbocycles. The van der Waals surface area contributed by atoms with Crippen molar-refractivity contribution in [2.45, 2.75) is 13.0 Å². The lowest BCUT2D eigenvalue weighted by atomic mass is 10.2. The lowest BCUT2D eigenvalue weighted by Gasteiger charge is -2.33. The van der Waals surface area contributed by atoms with Gasteiger partial charge in [0.1, 0.15) is 5.02 Å². The lowest BCUT2D eigenvalue weighted by molar-refractivity contribution is 0.482. The van der Waals surface area contributed by atoms with Gasteiger partial charge in [-0.25, -0.2) is 4.98 Å². The maximum Gasteiger partial charge on any atom is 0.224 e. The van der Waals surface area contributed by atoms with E-state index in [9.17, 15) is 0 Å². The molecule has 1 aliphatic rings. The van der Waals surface area contributed by atoms with E-state index in [2.05, 4.69) is 27.1 Å². The zero-order chi connectivity index (χ0) is 10.8. The summed E-state index contributed by atoms with van der Waals surface area (Å²) in [6.07, 6.45) is 1.54. The standard InChI is InChI=1S/C9H12Cl2N4/c1-6-5-15(3-2-12-6)8-7(10)4-13-9(11)14-8/h4,6,12H,2-3,5H2,1H3/t6-/m1/s1. The summed E-state index contributed by atoms with van der Waals surface area (Å²) in [5.41, 5.74) is 0. The third-order valence-electron chi connectivity index (χ3n) is 2.36. The zero-order valence-corrected chi connectivity index (χ0v) is 9.89. The molecule has 1 N–H and O–H groups in total. The highest BCUT2D eigenvalue weighted by Gasteiger charge is 2.19. The van der Waals surface area contributed by atoms with E-state index in [1.165, 1.54) is 0 Å². The number of nitrogens with zero attached hydrogens (tertiary/aromatic N) is 3. The number of hydrogen-bond acceptors (Lipinski definition) is 4. The number of aromatic nitrogens is 2. The minimum atomic E-state index is 0.237. The molecule has 0 unspecified atom stereocenters. The molecule has 1 fully saturated rings. The van der Waals surface area contributed by atoms with E-state index >= 15 is 0 Å². The first-order valence-electron chi connectivity index (χ1n) is 4.83. The first-order valence-corrected chi connectivity index (χ1v) is 5.59. The fourth-order valence-corrected chi connectivity index (χ4v) is 2.02. The van der Waals surface area contributed by atoms with E-state index in [0.717, 1.165) is 25.5 Å². The first kappa shape index (κ1) is 10.9. The molecule has 0 aliphatic carbocycles. The Morgan fingerprint density at radius 3 is 3.07 bits per heavy atom. The molecule has 0 spiro atoms. The van der Waals surface area contributed by atoms with Crippen LogP contribution < -0.4 is 10.2 Å². The van der Waals surface area contributed by atoms with Crippen molar-refractivity contribution < 1.29 is 0 Å². The van der Waals surface area contributed by atoms with Gasteiger partial charge in [-0.05, 0) is 18.5 Å². The van der Waals surface area contributed by atoms with Gasteiger partial charge in [-0.3, -0.25) is 0 Å². The summed E-state index contributed by atoms with van der Waals surface area (Å²) in [4.78, 5) is 10.1. The van der Waals surface area contributed by atoms with Gasteiger partial charge in [-0.15, -0.1) is 0 Å². The van der Waals surface area contributed by atoms with Crippen molar-refractivity contribution in [1.29, 1.82) is 0 Å². The normalized spacial score (nSPS) is 21.8. The Morgan fingerprint density at radius 1 is 1.53 bits per heavy atom. The molecular formula is C9H12Cl2N4. The van der Waals surface area contributed by atoms with Crippen LogP contribution in [0.25, 0.3) is 0 Å². The summed E-state index contributed by atoms with van der Waals surface area (Å²) in [7, 11) is 0. The molecule has 2 heterocycles. The van der Waals surface area contributed by atoms with Crippen LogP contribution in [0.2, 0.25) is 10.3 Å². The van der Waals surface area contributed by atoms with Gasteiger partial charge in [-0.1, -0.05) is 11.6 Å². The highest BCUT2D eigenvalue weighted by molar-refractivity contribution is 6.33. The summed E-state index contributed by atoms with van der Waals surface area (Å²) in [5.74, 6) is 0.727. The van der Waals surface area contributed by atoms with Crippen LogP contribution in [-0.4, -0.2) is 35.6 Å². The zero-order valence-electron chi connectivity index (χ0n) is 8.37. The number of halogens is 2. The van der Waals surface area contributed by atoms with Gasteiger partial charge in [0.05, 0.1) is 6.20 Å². The van der Waals surface area contributed by atoms with Crippen LogP contribution >= 0.6 is 23.2 Å². The molecule has 15 heavy (non-hydrogen) atoms. The van der Waals surface area contributed by atoms with Crippen LogP contribution in [0.1, 0.15) is 6.92 Å². The molecule has 0 amide bonds. The lowest BCUT2D eigenvalue weighted by Crippen LogP contribution is -2.49. The SMILES string of the molecule is C[C@@H]1CN(c2nc(Cl)ncc2Cl)CCN1. The van der Waals surface area contributed by atoms with E-state index in [1.54, 1.807) is 6.20 Å². The maximum atomic E-state index is 6.03. The molecule has 0 bridgehead atoms. The van der Waals surface area contributed by atoms with Crippen molar-refractivity contribution in [1.82, 2.24) is 15.3 Å². The van der Waals surface area contributed by atoms with E-state index in [1.807, 2.05) is 0 Å². The largest absolute Gasteiger partial charge is 0.352 e. The van der Waals surface area contributed by atoms with Crippen LogP contribution in [0.15, 0.2) is 6.20 Å². The van der Waals surface area contributed by atoms with Gasteiger partial charge in [0, 0.05) is 25.7 Å². The Balaban J connectivity index is 2.24. The average Bonchev–Trinajstić information content (AvgIpc) is 2.22. The first-order chi connectivity index (χ1) is 7.16. The summed E-state index contributed by atoms with van der Waals surface area (Å²) >= 11 is 11.8. The predicted molar refractivity (Wildman–Crippen MR) is 61.7 cm³/mol. The third-order valence-corrected chi connectivity index (χ3v) is 2.81. The Bertz CT molecular complexity index is 358. The second-order valence-corrected chi connectivity index (χ2v) is 4.36. The highest BCUT2D eigenvalue weighted by atomic mass is 35.5.